The average Bonchev–Trinajstić information content (AvgIpc) is 3.56. The summed E-state index contributed by atoms with van der Waals surface area (Å²) in [6.45, 7) is 0.501. The lowest BCUT2D eigenvalue weighted by Gasteiger charge is -2.33. The van der Waals surface area contributed by atoms with Gasteiger partial charge in [0.05, 0.1) is 17.9 Å². The first-order chi connectivity index (χ1) is 17.6. The molecule has 2 atom stereocenters. The molecule has 2 aromatic rings. The number of nitrogens with one attached hydrogen (secondary N) is 1. The molecule has 1 aromatic carbocycles. The Morgan fingerprint density at radius 1 is 1.27 bits per heavy atom. The topological polar surface area (TPSA) is 145 Å². The minimum Gasteiger partial charge on any atom is -0.473 e. The number of aliphatic hydroxyl groups is 2. The van der Waals surface area contributed by atoms with Crippen molar-refractivity contribution in [2.75, 3.05) is 31.6 Å². The number of benzene rings is 1. The van der Waals surface area contributed by atoms with Crippen molar-refractivity contribution >= 4 is 39.3 Å². The molecule has 0 bridgehead atoms. The lowest BCUT2D eigenvalue weighted by molar-refractivity contribution is -0.118. The van der Waals surface area contributed by atoms with Crippen molar-refractivity contribution < 1.29 is 28.2 Å². The van der Waals surface area contributed by atoms with Crippen LogP contribution in [0, 0.1) is 0 Å². The number of amides is 1. The van der Waals surface area contributed by atoms with E-state index in [2.05, 4.69) is 15.5 Å². The van der Waals surface area contributed by atoms with Gasteiger partial charge in [-0.05, 0) is 43.0 Å². The zero-order valence-corrected chi connectivity index (χ0v) is 21.7. The van der Waals surface area contributed by atoms with E-state index in [0.717, 1.165) is 5.56 Å². The lowest BCUT2D eigenvalue weighted by Crippen LogP contribution is -2.43. The van der Waals surface area contributed by atoms with E-state index < -0.39 is 33.0 Å². The Hall–Kier alpha value is -2.77. The molecule has 11 nitrogen and oxygen atoms in total. The molecule has 1 amide bonds. The third kappa shape index (κ3) is 4.91. The minimum absolute atomic E-state index is 0.0684. The van der Waals surface area contributed by atoms with Crippen LogP contribution in [0.1, 0.15) is 30.4 Å². The van der Waals surface area contributed by atoms with Crippen LogP contribution in [-0.4, -0.2) is 82.9 Å². The van der Waals surface area contributed by atoms with Gasteiger partial charge in [-0.15, -0.1) is 5.10 Å². The van der Waals surface area contributed by atoms with E-state index in [0.29, 0.717) is 35.5 Å². The van der Waals surface area contributed by atoms with Crippen LogP contribution >= 0.6 is 11.6 Å². The smallest absolute Gasteiger partial charge is 0.258 e. The zero-order chi connectivity index (χ0) is 26.4. The molecule has 0 radical (unpaired) electrons. The molecule has 1 saturated heterocycles. The summed E-state index contributed by atoms with van der Waals surface area (Å²) >= 11 is 5.90. The highest BCUT2D eigenvalue weighted by molar-refractivity contribution is 7.90. The maximum atomic E-state index is 13.2. The highest BCUT2D eigenvalue weighted by atomic mass is 35.5. The summed E-state index contributed by atoms with van der Waals surface area (Å²) in [6, 6.07) is 7.06. The van der Waals surface area contributed by atoms with E-state index in [9.17, 15) is 23.4 Å². The molecule has 2 fully saturated rings. The summed E-state index contributed by atoms with van der Waals surface area (Å²) in [5, 5.41) is 32.1. The molecule has 5 rings (SSSR count). The first kappa shape index (κ1) is 25.9. The van der Waals surface area contributed by atoms with Crippen molar-refractivity contribution in [1.29, 1.82) is 0 Å². The van der Waals surface area contributed by atoms with Gasteiger partial charge in [-0.2, -0.15) is 9.40 Å². The highest BCUT2D eigenvalue weighted by Gasteiger charge is 2.58. The fraction of sp³-hybridized carbons (Fsp3) is 0.458. The second-order valence-corrected chi connectivity index (χ2v) is 12.4. The van der Waals surface area contributed by atoms with Gasteiger partial charge in [-0.1, -0.05) is 23.7 Å². The summed E-state index contributed by atoms with van der Waals surface area (Å²) in [5.74, 6) is -0.381. The number of carbonyl (C=O) groups is 1. The standard InChI is InChI=1S/C24H28ClN5O6S/c1-29-20-16(10-19(23(29)33)21(32)26-11-15-2-4-17(25)5-3-15)12-27-28-22(20)36-14-24(7-8-24)37(34,35)30-9-6-18(31)13-30/h2-5,10,12,18,23,31,33H,6-9,11,13-14H2,1H3,(H,26,32)/t18-,23?/m1/s1. The zero-order valence-electron chi connectivity index (χ0n) is 20.2. The molecule has 1 unspecified atom stereocenters. The molecule has 37 heavy (non-hydrogen) atoms. The van der Waals surface area contributed by atoms with Gasteiger partial charge in [-0.25, -0.2) is 8.42 Å². The molecular weight excluding hydrogens is 522 g/mol. The molecule has 3 aliphatic rings. The quantitative estimate of drug-likeness (QED) is 0.437. The Bertz CT molecular complexity index is 1330. The van der Waals surface area contributed by atoms with E-state index in [1.54, 1.807) is 31.3 Å². The first-order valence-corrected chi connectivity index (χ1v) is 13.7. The normalized spacial score (nSPS) is 22.8. The molecule has 3 N–H and O–H groups in total. The molecule has 1 aliphatic carbocycles. The minimum atomic E-state index is -3.66. The number of β-amino-alcohol motifs (C(OH)–C–C–N with tert-alkyl or cyclic N) is 1. The molecular formula is C24H28ClN5O6S. The van der Waals surface area contributed by atoms with Gasteiger partial charge in [0.2, 0.25) is 10.0 Å². The number of likely N-dealkylation sites (N-methyl/N-ethyl adjacent to an activating group) is 1. The Balaban J connectivity index is 1.32. The number of hydrogen-bond acceptors (Lipinski definition) is 9. The van der Waals surface area contributed by atoms with Gasteiger partial charge < -0.3 is 25.2 Å². The van der Waals surface area contributed by atoms with Crippen LogP contribution in [0.3, 0.4) is 0 Å². The Kier molecular flexibility index (Phi) is 6.88. The maximum Gasteiger partial charge on any atom is 0.258 e. The predicted molar refractivity (Wildman–Crippen MR) is 136 cm³/mol. The fourth-order valence-corrected chi connectivity index (χ4v) is 6.81. The molecule has 2 aliphatic heterocycles. The summed E-state index contributed by atoms with van der Waals surface area (Å²) in [5.41, 5.74) is 1.88. The summed E-state index contributed by atoms with van der Waals surface area (Å²) in [6.07, 6.45) is 2.34. The lowest BCUT2D eigenvalue weighted by atomic mass is 10.0. The van der Waals surface area contributed by atoms with Gasteiger partial charge in [0.15, 0.2) is 6.23 Å². The van der Waals surface area contributed by atoms with E-state index in [-0.39, 0.29) is 37.7 Å². The number of fused-ring (bicyclic) bond motifs is 1. The van der Waals surface area contributed by atoms with Crippen LogP contribution in [0.4, 0.5) is 5.69 Å². The second-order valence-electron chi connectivity index (χ2n) is 9.62. The summed E-state index contributed by atoms with van der Waals surface area (Å²) in [7, 11) is -2.07. The number of sulfonamides is 1. The van der Waals surface area contributed by atoms with Crippen molar-refractivity contribution in [2.24, 2.45) is 0 Å². The predicted octanol–water partition coefficient (Wildman–Crippen LogP) is 0.906. The molecule has 198 valence electrons. The molecule has 13 heteroatoms. The maximum absolute atomic E-state index is 13.2. The van der Waals surface area contributed by atoms with Crippen LogP contribution in [-0.2, 0) is 21.4 Å². The van der Waals surface area contributed by atoms with Gasteiger partial charge in [0.25, 0.3) is 11.8 Å². The Morgan fingerprint density at radius 3 is 2.65 bits per heavy atom. The number of nitrogens with zero attached hydrogens (tertiary/aromatic N) is 4. The number of rotatable bonds is 8. The van der Waals surface area contributed by atoms with E-state index in [1.807, 2.05) is 0 Å². The Labute approximate surface area is 219 Å². The number of anilines is 1. The molecule has 3 heterocycles. The SMILES string of the molecule is CN1c2c(cnnc2OCC2(S(=O)(=O)N3CC[C@@H](O)C3)CC2)C=C(C(=O)NCc2ccc(Cl)cc2)C1O. The van der Waals surface area contributed by atoms with Crippen LogP contribution in [0.2, 0.25) is 5.02 Å². The van der Waals surface area contributed by atoms with Crippen LogP contribution < -0.4 is 15.0 Å². The van der Waals surface area contributed by atoms with E-state index >= 15 is 0 Å². The molecule has 1 saturated carbocycles. The van der Waals surface area contributed by atoms with Gasteiger partial charge in [0.1, 0.15) is 17.0 Å². The largest absolute Gasteiger partial charge is 0.473 e. The van der Waals surface area contributed by atoms with Crippen molar-refractivity contribution in [3.05, 3.63) is 52.2 Å². The van der Waals surface area contributed by atoms with Crippen LogP contribution in [0.15, 0.2) is 36.0 Å². The second kappa shape index (κ2) is 9.84. The van der Waals surface area contributed by atoms with Crippen molar-refractivity contribution in [3.8, 4) is 5.88 Å². The number of carbonyl (C=O) groups excluding carboxylic acids is 1. The average molecular weight is 550 g/mol. The van der Waals surface area contributed by atoms with Crippen molar-refractivity contribution in [1.82, 2.24) is 19.8 Å². The Morgan fingerprint density at radius 2 is 2.00 bits per heavy atom. The highest BCUT2D eigenvalue weighted by Crippen LogP contribution is 2.47. The van der Waals surface area contributed by atoms with Gasteiger partial charge in [-0.3, -0.25) is 4.79 Å². The molecule has 1 aromatic heterocycles. The first-order valence-electron chi connectivity index (χ1n) is 11.9. The number of aliphatic hydroxyl groups excluding tert-OH is 2. The number of halogens is 1. The number of hydrogen-bond donors (Lipinski definition) is 3. The third-order valence-corrected chi connectivity index (χ3v) is 9.94. The summed E-state index contributed by atoms with van der Waals surface area (Å²) < 4.78 is 32.5. The van der Waals surface area contributed by atoms with E-state index in [4.69, 9.17) is 16.3 Å². The number of aromatic nitrogens is 2. The summed E-state index contributed by atoms with van der Waals surface area (Å²) in [4.78, 5) is 14.3. The van der Waals surface area contributed by atoms with Gasteiger partial charge in [0, 0.05) is 37.3 Å². The van der Waals surface area contributed by atoms with Crippen LogP contribution in [0.5, 0.6) is 5.88 Å². The van der Waals surface area contributed by atoms with Crippen molar-refractivity contribution in [2.45, 2.75) is 42.9 Å². The molecule has 0 spiro atoms. The number of ether oxygens (including phenoxy) is 1. The van der Waals surface area contributed by atoms with E-state index in [1.165, 1.54) is 21.5 Å². The van der Waals surface area contributed by atoms with Crippen LogP contribution in [0.25, 0.3) is 6.08 Å². The monoisotopic (exact) mass is 549 g/mol. The van der Waals surface area contributed by atoms with Crippen molar-refractivity contribution in [3.63, 3.8) is 0 Å². The fourth-order valence-electron chi connectivity index (χ4n) is 4.59. The van der Waals surface area contributed by atoms with Gasteiger partial charge >= 0.3 is 0 Å². The third-order valence-electron chi connectivity index (χ3n) is 7.05.